The molecule has 0 atom stereocenters. The minimum Gasteiger partial charge on any atom is -0.264 e. The van der Waals surface area contributed by atoms with Gasteiger partial charge in [-0.2, -0.15) is 10.2 Å². The second-order valence-corrected chi connectivity index (χ2v) is 7.79. The lowest BCUT2D eigenvalue weighted by atomic mass is 9.99. The second-order valence-electron chi connectivity index (χ2n) is 7.79. The standard InChI is InChI=1S/C26H20N6/c1-17-22-24(19-10-9-15-27-16-19)23-18(2)30-32(21-13-7-4-8-14-21)26(23)28-25(22)31(29-17)20-11-5-3-6-12-20/h3-16H,1-2H3. The molecule has 0 N–H and O–H groups in total. The number of hydrogen-bond acceptors (Lipinski definition) is 4. The van der Waals surface area contributed by atoms with E-state index < -0.39 is 0 Å². The number of pyridine rings is 2. The molecule has 0 aliphatic rings. The number of hydrogen-bond donors (Lipinski definition) is 0. The zero-order valence-corrected chi connectivity index (χ0v) is 17.8. The van der Waals surface area contributed by atoms with E-state index in [4.69, 9.17) is 15.2 Å². The van der Waals surface area contributed by atoms with Gasteiger partial charge in [0.1, 0.15) is 0 Å². The minimum atomic E-state index is 0.803. The third-order valence-electron chi connectivity index (χ3n) is 5.74. The SMILES string of the molecule is Cc1nn(-c2ccccc2)c2nc3c(c(C)nn3-c3ccccc3)c(-c3cccnc3)c12. The first kappa shape index (κ1) is 18.4. The highest BCUT2D eigenvalue weighted by atomic mass is 15.3. The maximum Gasteiger partial charge on any atom is 0.166 e. The molecular weight excluding hydrogens is 396 g/mol. The minimum absolute atomic E-state index is 0.803. The van der Waals surface area contributed by atoms with Crippen LogP contribution < -0.4 is 0 Å². The van der Waals surface area contributed by atoms with Crippen LogP contribution in [0.15, 0.2) is 85.2 Å². The van der Waals surface area contributed by atoms with Gasteiger partial charge in [0.25, 0.3) is 0 Å². The highest BCUT2D eigenvalue weighted by molar-refractivity contribution is 6.10. The summed E-state index contributed by atoms with van der Waals surface area (Å²) >= 11 is 0. The van der Waals surface area contributed by atoms with Crippen molar-refractivity contribution >= 4 is 22.1 Å². The quantitative estimate of drug-likeness (QED) is 0.385. The molecule has 32 heavy (non-hydrogen) atoms. The van der Waals surface area contributed by atoms with E-state index in [1.165, 1.54) is 0 Å². The van der Waals surface area contributed by atoms with Crippen LogP contribution in [0.2, 0.25) is 0 Å². The molecule has 0 aliphatic carbocycles. The van der Waals surface area contributed by atoms with E-state index in [1.54, 1.807) is 6.20 Å². The molecule has 0 aliphatic heterocycles. The van der Waals surface area contributed by atoms with E-state index in [0.717, 1.165) is 56.0 Å². The molecule has 0 spiro atoms. The van der Waals surface area contributed by atoms with E-state index in [2.05, 4.69) is 11.1 Å². The summed E-state index contributed by atoms with van der Waals surface area (Å²) in [5.74, 6) is 0. The molecule has 6 nitrogen and oxygen atoms in total. The maximum absolute atomic E-state index is 5.14. The summed E-state index contributed by atoms with van der Waals surface area (Å²) in [5.41, 5.74) is 7.48. The average Bonchev–Trinajstić information content (AvgIpc) is 3.36. The van der Waals surface area contributed by atoms with Crippen LogP contribution in [0, 0.1) is 13.8 Å². The molecule has 0 bridgehead atoms. The monoisotopic (exact) mass is 416 g/mol. The van der Waals surface area contributed by atoms with Crippen molar-refractivity contribution in [3.05, 3.63) is 96.6 Å². The van der Waals surface area contributed by atoms with Gasteiger partial charge >= 0.3 is 0 Å². The molecule has 6 aromatic rings. The Morgan fingerprint density at radius 1 is 0.625 bits per heavy atom. The van der Waals surface area contributed by atoms with Gasteiger partial charge in [0, 0.05) is 23.5 Å². The molecule has 0 amide bonds. The van der Waals surface area contributed by atoms with Crippen molar-refractivity contribution in [3.8, 4) is 22.5 Å². The van der Waals surface area contributed by atoms with Crippen LogP contribution in [0.3, 0.4) is 0 Å². The lowest BCUT2D eigenvalue weighted by Gasteiger charge is -2.09. The molecule has 2 aromatic carbocycles. The normalized spacial score (nSPS) is 11.4. The van der Waals surface area contributed by atoms with E-state index in [1.807, 2.05) is 96.1 Å². The molecule has 0 saturated carbocycles. The highest BCUT2D eigenvalue weighted by Gasteiger charge is 2.23. The molecule has 0 unspecified atom stereocenters. The van der Waals surface area contributed by atoms with Crippen molar-refractivity contribution in [1.29, 1.82) is 0 Å². The molecule has 154 valence electrons. The van der Waals surface area contributed by atoms with Crippen molar-refractivity contribution in [3.63, 3.8) is 0 Å². The van der Waals surface area contributed by atoms with Crippen molar-refractivity contribution in [2.75, 3.05) is 0 Å². The van der Waals surface area contributed by atoms with Crippen molar-refractivity contribution in [1.82, 2.24) is 29.5 Å². The van der Waals surface area contributed by atoms with Crippen LogP contribution in [-0.4, -0.2) is 29.5 Å². The Hall–Kier alpha value is -4.32. The van der Waals surface area contributed by atoms with E-state index in [-0.39, 0.29) is 0 Å². The largest absolute Gasteiger partial charge is 0.264 e. The summed E-state index contributed by atoms with van der Waals surface area (Å²) in [5, 5.41) is 11.8. The van der Waals surface area contributed by atoms with Gasteiger partial charge in [-0.3, -0.25) is 4.98 Å². The summed E-state index contributed by atoms with van der Waals surface area (Å²) in [6.45, 7) is 4.07. The predicted octanol–water partition coefficient (Wildman–Crippen LogP) is 5.44. The number of rotatable bonds is 3. The Labute approximate surface area is 184 Å². The summed E-state index contributed by atoms with van der Waals surface area (Å²) in [4.78, 5) is 9.53. The van der Waals surface area contributed by atoms with Crippen LogP contribution in [0.25, 0.3) is 44.6 Å². The number of nitrogens with zero attached hydrogens (tertiary/aromatic N) is 6. The number of fused-ring (bicyclic) bond motifs is 2. The maximum atomic E-state index is 5.14. The van der Waals surface area contributed by atoms with Crippen LogP contribution >= 0.6 is 0 Å². The summed E-state index contributed by atoms with van der Waals surface area (Å²) in [6, 6.07) is 24.3. The van der Waals surface area contributed by atoms with Crippen molar-refractivity contribution in [2.24, 2.45) is 0 Å². The van der Waals surface area contributed by atoms with Gasteiger partial charge < -0.3 is 0 Å². The van der Waals surface area contributed by atoms with Gasteiger partial charge in [0.2, 0.25) is 0 Å². The highest BCUT2D eigenvalue weighted by Crippen LogP contribution is 2.38. The molecule has 0 saturated heterocycles. The predicted molar refractivity (Wildman–Crippen MR) is 126 cm³/mol. The molecule has 0 radical (unpaired) electrons. The van der Waals surface area contributed by atoms with Gasteiger partial charge in [-0.05, 0) is 44.2 Å². The van der Waals surface area contributed by atoms with E-state index in [0.29, 0.717) is 0 Å². The zero-order valence-electron chi connectivity index (χ0n) is 17.8. The van der Waals surface area contributed by atoms with Crippen LogP contribution in [0.5, 0.6) is 0 Å². The lowest BCUT2D eigenvalue weighted by Crippen LogP contribution is -2.01. The molecule has 6 rings (SSSR count). The first-order chi connectivity index (χ1) is 15.7. The number of aromatic nitrogens is 6. The Morgan fingerprint density at radius 2 is 1.16 bits per heavy atom. The van der Waals surface area contributed by atoms with Crippen LogP contribution in [0.1, 0.15) is 11.4 Å². The fourth-order valence-electron chi connectivity index (χ4n) is 4.35. The first-order valence-electron chi connectivity index (χ1n) is 10.5. The Bertz CT molecular complexity index is 1470. The molecule has 0 fully saturated rings. The van der Waals surface area contributed by atoms with Gasteiger partial charge in [-0.15, -0.1) is 0 Å². The number of para-hydroxylation sites is 2. The summed E-state index contributed by atoms with van der Waals surface area (Å²) in [7, 11) is 0. The molecule has 4 heterocycles. The molecule has 6 heteroatoms. The summed E-state index contributed by atoms with van der Waals surface area (Å²) < 4.78 is 3.84. The van der Waals surface area contributed by atoms with Gasteiger partial charge in [0.05, 0.1) is 33.5 Å². The molecule has 4 aromatic heterocycles. The Morgan fingerprint density at radius 3 is 1.62 bits per heavy atom. The Kier molecular flexibility index (Phi) is 4.11. The second kappa shape index (κ2) is 7.13. The Balaban J connectivity index is 1.80. The topological polar surface area (TPSA) is 61.4 Å². The van der Waals surface area contributed by atoms with Crippen LogP contribution in [-0.2, 0) is 0 Å². The van der Waals surface area contributed by atoms with Crippen molar-refractivity contribution in [2.45, 2.75) is 13.8 Å². The molecular formula is C26H20N6. The first-order valence-corrected chi connectivity index (χ1v) is 10.5. The number of aryl methyl sites for hydroxylation is 2. The van der Waals surface area contributed by atoms with Crippen molar-refractivity contribution < 1.29 is 0 Å². The summed E-state index contributed by atoms with van der Waals surface area (Å²) in [6.07, 6.45) is 3.69. The van der Waals surface area contributed by atoms with Gasteiger partial charge in [0.15, 0.2) is 11.3 Å². The zero-order chi connectivity index (χ0) is 21.7. The smallest absolute Gasteiger partial charge is 0.166 e. The third-order valence-corrected chi connectivity index (χ3v) is 5.74. The van der Waals surface area contributed by atoms with Crippen LogP contribution in [0.4, 0.5) is 0 Å². The fourth-order valence-corrected chi connectivity index (χ4v) is 4.35. The van der Waals surface area contributed by atoms with E-state index >= 15 is 0 Å². The average molecular weight is 416 g/mol. The third kappa shape index (κ3) is 2.73. The fraction of sp³-hybridized carbons (Fsp3) is 0.0769. The lowest BCUT2D eigenvalue weighted by molar-refractivity contribution is 0.863. The van der Waals surface area contributed by atoms with E-state index in [9.17, 15) is 0 Å². The number of benzene rings is 2. The van der Waals surface area contributed by atoms with Gasteiger partial charge in [-0.25, -0.2) is 14.3 Å². The van der Waals surface area contributed by atoms with Gasteiger partial charge in [-0.1, -0.05) is 42.5 Å².